The Labute approximate surface area is 168 Å². The zero-order valence-electron chi connectivity index (χ0n) is 15.7. The van der Waals surface area contributed by atoms with E-state index in [0.717, 1.165) is 34.1 Å². The summed E-state index contributed by atoms with van der Waals surface area (Å²) in [7, 11) is 0. The van der Waals surface area contributed by atoms with Crippen LogP contribution in [0.15, 0.2) is 79.1 Å². The molecule has 0 radical (unpaired) electrons. The number of nitrogens with zero attached hydrogens (tertiary/aromatic N) is 2. The van der Waals surface area contributed by atoms with Crippen molar-refractivity contribution < 1.29 is 9.53 Å². The Hall–Kier alpha value is -3.73. The van der Waals surface area contributed by atoms with E-state index in [0.29, 0.717) is 17.9 Å². The van der Waals surface area contributed by atoms with Gasteiger partial charge in [-0.1, -0.05) is 48.5 Å². The Morgan fingerprint density at radius 1 is 0.966 bits per heavy atom. The zero-order valence-corrected chi connectivity index (χ0v) is 15.7. The molecule has 5 heteroatoms. The minimum Gasteiger partial charge on any atom is -0.487 e. The molecule has 0 saturated heterocycles. The van der Waals surface area contributed by atoms with Gasteiger partial charge in [0.15, 0.2) is 5.82 Å². The van der Waals surface area contributed by atoms with Crippen LogP contribution in [0, 0.1) is 0 Å². The van der Waals surface area contributed by atoms with Crippen LogP contribution in [0.4, 0.5) is 0 Å². The lowest BCUT2D eigenvalue weighted by atomic mass is 10.0. The fourth-order valence-electron chi connectivity index (χ4n) is 3.79. The largest absolute Gasteiger partial charge is 0.487 e. The lowest BCUT2D eigenvalue weighted by Crippen LogP contribution is -2.34. The smallest absolute Gasteiger partial charge is 0.252 e. The van der Waals surface area contributed by atoms with Crippen molar-refractivity contribution in [1.82, 2.24) is 15.3 Å². The third-order valence-electron chi connectivity index (χ3n) is 5.16. The summed E-state index contributed by atoms with van der Waals surface area (Å²) in [4.78, 5) is 21.5. The minimum absolute atomic E-state index is 0.0898. The van der Waals surface area contributed by atoms with Crippen LogP contribution in [-0.4, -0.2) is 28.5 Å². The van der Waals surface area contributed by atoms with Crippen molar-refractivity contribution in [2.75, 3.05) is 6.54 Å². The summed E-state index contributed by atoms with van der Waals surface area (Å²) in [5.41, 5.74) is 2.67. The number of fused-ring (bicyclic) bond motifs is 2. The molecule has 0 aliphatic carbocycles. The number of rotatable bonds is 4. The Balaban J connectivity index is 1.32. The fourth-order valence-corrected chi connectivity index (χ4v) is 3.79. The average Bonchev–Trinajstić information content (AvgIpc) is 3.21. The molecule has 142 valence electrons. The maximum absolute atomic E-state index is 12.8. The Kier molecular flexibility index (Phi) is 4.41. The van der Waals surface area contributed by atoms with E-state index in [1.54, 1.807) is 18.5 Å². The second-order valence-electron chi connectivity index (χ2n) is 7.05. The number of hydrogen-bond donors (Lipinski definition) is 1. The van der Waals surface area contributed by atoms with Crippen molar-refractivity contribution in [3.8, 4) is 17.1 Å². The molecule has 1 atom stereocenters. The predicted molar refractivity (Wildman–Crippen MR) is 112 cm³/mol. The normalized spacial score (nSPS) is 15.0. The molecule has 1 aromatic heterocycles. The van der Waals surface area contributed by atoms with Gasteiger partial charge in [-0.05, 0) is 34.5 Å². The van der Waals surface area contributed by atoms with Crippen LogP contribution >= 0.6 is 0 Å². The van der Waals surface area contributed by atoms with Crippen molar-refractivity contribution in [2.24, 2.45) is 0 Å². The van der Waals surface area contributed by atoms with Crippen LogP contribution in [0.25, 0.3) is 22.2 Å². The maximum Gasteiger partial charge on any atom is 0.252 e. The van der Waals surface area contributed by atoms with Crippen molar-refractivity contribution in [1.29, 1.82) is 0 Å². The van der Waals surface area contributed by atoms with Crippen LogP contribution in [0.1, 0.15) is 15.9 Å². The van der Waals surface area contributed by atoms with Crippen molar-refractivity contribution in [3.05, 3.63) is 90.3 Å². The molecule has 0 spiro atoms. The van der Waals surface area contributed by atoms with E-state index in [9.17, 15) is 4.79 Å². The highest BCUT2D eigenvalue weighted by molar-refractivity contribution is 6.07. The molecule has 1 N–H and O–H groups in total. The van der Waals surface area contributed by atoms with Crippen LogP contribution in [0.5, 0.6) is 5.75 Å². The number of benzene rings is 3. The predicted octanol–water partition coefficient (Wildman–Crippen LogP) is 4.03. The first-order valence-electron chi connectivity index (χ1n) is 9.61. The lowest BCUT2D eigenvalue weighted by molar-refractivity contribution is 0.0935. The van der Waals surface area contributed by atoms with Crippen LogP contribution < -0.4 is 10.1 Å². The van der Waals surface area contributed by atoms with Gasteiger partial charge in [0.25, 0.3) is 5.91 Å². The number of carbonyl (C=O) groups is 1. The van der Waals surface area contributed by atoms with Gasteiger partial charge in [0.05, 0.1) is 12.1 Å². The van der Waals surface area contributed by atoms with Gasteiger partial charge < -0.3 is 10.1 Å². The molecule has 1 aliphatic heterocycles. The number of hydrogen-bond acceptors (Lipinski definition) is 4. The molecule has 1 aliphatic rings. The highest BCUT2D eigenvalue weighted by atomic mass is 16.5. The molecule has 0 bridgehead atoms. The lowest BCUT2D eigenvalue weighted by Gasteiger charge is -2.14. The second kappa shape index (κ2) is 7.36. The molecule has 29 heavy (non-hydrogen) atoms. The second-order valence-corrected chi connectivity index (χ2v) is 7.05. The van der Waals surface area contributed by atoms with Gasteiger partial charge in [-0.2, -0.15) is 0 Å². The van der Waals surface area contributed by atoms with E-state index in [2.05, 4.69) is 15.3 Å². The standard InChI is InChI=1S/C24H19N3O2/c28-24(20-10-3-7-16-6-1-2-9-19(16)20)27-15-18-14-17-8-4-11-21(22(17)29-18)23-25-12-5-13-26-23/h1-13,18H,14-15H2,(H,27,28). The number of para-hydroxylation sites is 1. The van der Waals surface area contributed by atoms with E-state index >= 15 is 0 Å². The Bertz CT molecular complexity index is 1190. The quantitative estimate of drug-likeness (QED) is 0.580. The summed E-state index contributed by atoms with van der Waals surface area (Å²) in [5.74, 6) is 1.36. The third-order valence-corrected chi connectivity index (χ3v) is 5.16. The average molecular weight is 381 g/mol. The molecular weight excluding hydrogens is 362 g/mol. The summed E-state index contributed by atoms with van der Waals surface area (Å²) < 4.78 is 6.17. The summed E-state index contributed by atoms with van der Waals surface area (Å²) in [6.07, 6.45) is 4.07. The van der Waals surface area contributed by atoms with Gasteiger partial charge in [-0.15, -0.1) is 0 Å². The van der Waals surface area contributed by atoms with E-state index < -0.39 is 0 Å². The summed E-state index contributed by atoms with van der Waals surface area (Å²) in [5, 5.41) is 5.04. The first-order valence-corrected chi connectivity index (χ1v) is 9.61. The molecule has 0 fully saturated rings. The highest BCUT2D eigenvalue weighted by Crippen LogP contribution is 2.37. The van der Waals surface area contributed by atoms with Gasteiger partial charge in [0.2, 0.25) is 0 Å². The molecule has 3 aromatic carbocycles. The third kappa shape index (κ3) is 3.31. The SMILES string of the molecule is O=C(NCC1Cc2cccc(-c3ncccn3)c2O1)c1cccc2ccccc12. The topological polar surface area (TPSA) is 64.1 Å². The fraction of sp³-hybridized carbons (Fsp3) is 0.125. The summed E-state index contributed by atoms with van der Waals surface area (Å²) in [6, 6.07) is 21.5. The molecule has 5 nitrogen and oxygen atoms in total. The monoisotopic (exact) mass is 381 g/mol. The number of nitrogens with one attached hydrogen (secondary N) is 1. The van der Waals surface area contributed by atoms with Crippen LogP contribution in [0.2, 0.25) is 0 Å². The number of aromatic nitrogens is 2. The van der Waals surface area contributed by atoms with Gasteiger partial charge >= 0.3 is 0 Å². The first-order chi connectivity index (χ1) is 14.3. The zero-order chi connectivity index (χ0) is 19.6. The van der Waals surface area contributed by atoms with Crippen LogP contribution in [-0.2, 0) is 6.42 Å². The van der Waals surface area contributed by atoms with Gasteiger partial charge in [0.1, 0.15) is 11.9 Å². The van der Waals surface area contributed by atoms with E-state index in [-0.39, 0.29) is 12.0 Å². The van der Waals surface area contributed by atoms with E-state index in [1.165, 1.54) is 0 Å². The van der Waals surface area contributed by atoms with Crippen molar-refractivity contribution in [3.63, 3.8) is 0 Å². The summed E-state index contributed by atoms with van der Waals surface area (Å²) >= 11 is 0. The Morgan fingerprint density at radius 3 is 2.66 bits per heavy atom. The molecular formula is C24H19N3O2. The van der Waals surface area contributed by atoms with Gasteiger partial charge in [-0.25, -0.2) is 9.97 Å². The number of ether oxygens (including phenoxy) is 1. The summed E-state index contributed by atoms with van der Waals surface area (Å²) in [6.45, 7) is 0.436. The molecule has 5 rings (SSSR count). The number of amides is 1. The van der Waals surface area contributed by atoms with E-state index in [1.807, 2.05) is 60.7 Å². The minimum atomic E-state index is -0.117. The molecule has 4 aromatic rings. The maximum atomic E-state index is 12.8. The molecule has 1 amide bonds. The molecule has 1 unspecified atom stereocenters. The van der Waals surface area contributed by atoms with Gasteiger partial charge in [0, 0.05) is 24.4 Å². The van der Waals surface area contributed by atoms with E-state index in [4.69, 9.17) is 4.74 Å². The van der Waals surface area contributed by atoms with Crippen molar-refractivity contribution in [2.45, 2.75) is 12.5 Å². The van der Waals surface area contributed by atoms with Crippen LogP contribution in [0.3, 0.4) is 0 Å². The van der Waals surface area contributed by atoms with Crippen molar-refractivity contribution >= 4 is 16.7 Å². The Morgan fingerprint density at radius 2 is 1.76 bits per heavy atom. The number of carbonyl (C=O) groups excluding carboxylic acids is 1. The van der Waals surface area contributed by atoms with Gasteiger partial charge in [-0.3, -0.25) is 4.79 Å². The first kappa shape index (κ1) is 17.4. The highest BCUT2D eigenvalue weighted by Gasteiger charge is 2.27. The molecule has 2 heterocycles. The molecule has 0 saturated carbocycles.